The highest BCUT2D eigenvalue weighted by Crippen LogP contribution is 2.26. The second-order valence-electron chi connectivity index (χ2n) is 8.70. The molecule has 4 rings (SSSR count). The molecule has 40 heavy (non-hydrogen) atoms. The number of carboxylic acid groups (broad SMARTS) is 2. The lowest BCUT2D eigenvalue weighted by molar-refractivity contribution is -0.192. The first-order chi connectivity index (χ1) is 18.6. The van der Waals surface area contributed by atoms with Crippen molar-refractivity contribution < 1.29 is 55.7 Å². The van der Waals surface area contributed by atoms with E-state index < -0.39 is 48.0 Å². The summed E-state index contributed by atoms with van der Waals surface area (Å²) < 4.78 is 81.0. The lowest BCUT2D eigenvalue weighted by atomic mass is 10.2. The summed E-state index contributed by atoms with van der Waals surface area (Å²) in [5.41, 5.74) is 1.13. The number of hydrogen-bond acceptors (Lipinski definition) is 5. The fourth-order valence-corrected chi connectivity index (χ4v) is 3.85. The van der Waals surface area contributed by atoms with Crippen LogP contribution in [-0.2, 0) is 11.4 Å². The number of fused-ring (bicyclic) bond motifs is 1. The first kappa shape index (κ1) is 30.0. The minimum atomic E-state index is -5.08. The molecule has 1 fully saturated rings. The van der Waals surface area contributed by atoms with Crippen LogP contribution >= 0.6 is 0 Å². The largest absolute Gasteiger partial charge is 0.490 e. The molecule has 2 unspecified atom stereocenters. The van der Waals surface area contributed by atoms with Crippen LogP contribution in [0.3, 0.4) is 0 Å². The zero-order valence-corrected chi connectivity index (χ0v) is 20.8. The van der Waals surface area contributed by atoms with E-state index in [2.05, 4.69) is 10.3 Å². The number of aromatic nitrogens is 2. The zero-order valence-electron chi connectivity index (χ0n) is 20.8. The summed E-state index contributed by atoms with van der Waals surface area (Å²) >= 11 is 0. The summed E-state index contributed by atoms with van der Waals surface area (Å²) in [7, 11) is 0. The summed E-state index contributed by atoms with van der Waals surface area (Å²) in [5, 5.41) is 18.7. The van der Waals surface area contributed by atoms with Gasteiger partial charge in [-0.1, -0.05) is 6.07 Å². The molecule has 2 aromatic heterocycles. The van der Waals surface area contributed by atoms with Gasteiger partial charge in [-0.15, -0.1) is 0 Å². The number of aliphatic carboxylic acids is 1. The molecule has 0 saturated carbocycles. The molecule has 3 aromatic rings. The number of rotatable bonds is 5. The van der Waals surface area contributed by atoms with Gasteiger partial charge in [-0.2, -0.15) is 13.2 Å². The number of halogens is 6. The summed E-state index contributed by atoms with van der Waals surface area (Å²) in [6.07, 6.45) is -6.25. The van der Waals surface area contributed by atoms with Crippen molar-refractivity contribution >= 4 is 23.6 Å². The zero-order chi connectivity index (χ0) is 29.9. The van der Waals surface area contributed by atoms with Crippen molar-refractivity contribution in [2.24, 2.45) is 0 Å². The average Bonchev–Trinajstić information content (AvgIpc) is 3.37. The Balaban J connectivity index is 0.000000559. The number of carbonyl (C=O) groups excluding carboxylic acids is 1. The Morgan fingerprint density at radius 1 is 1.12 bits per heavy atom. The smallest absolute Gasteiger partial charge is 0.485 e. The predicted molar refractivity (Wildman–Crippen MR) is 125 cm³/mol. The van der Waals surface area contributed by atoms with Crippen molar-refractivity contribution in [1.82, 2.24) is 19.6 Å². The molecule has 10 nitrogen and oxygen atoms in total. The Morgan fingerprint density at radius 2 is 1.73 bits per heavy atom. The van der Waals surface area contributed by atoms with Crippen molar-refractivity contribution in [3.8, 4) is 5.75 Å². The SMILES string of the molecule is Cc1cc(OCc2c(F)cccc2F)c2nc(C)c(C(=O)NC3CN(C(=O)O)CC3F)n2c1.O=C(O)C(F)(F)F. The topological polar surface area (TPSA) is 133 Å². The maximum atomic E-state index is 14.2. The maximum Gasteiger partial charge on any atom is 0.490 e. The molecule has 0 spiro atoms. The minimum Gasteiger partial charge on any atom is -0.485 e. The van der Waals surface area contributed by atoms with E-state index in [1.807, 2.05) is 0 Å². The molecule has 216 valence electrons. The van der Waals surface area contributed by atoms with E-state index in [0.717, 1.165) is 17.0 Å². The first-order valence-corrected chi connectivity index (χ1v) is 11.4. The number of amides is 2. The Kier molecular flexibility index (Phi) is 8.80. The van der Waals surface area contributed by atoms with Gasteiger partial charge in [-0.25, -0.2) is 27.7 Å². The number of aryl methyl sites for hydroxylation is 2. The normalized spacial score (nSPS) is 16.9. The number of benzene rings is 1. The number of hydrogen-bond donors (Lipinski definition) is 3. The Bertz CT molecular complexity index is 1420. The van der Waals surface area contributed by atoms with E-state index in [0.29, 0.717) is 11.3 Å². The van der Waals surface area contributed by atoms with Crippen molar-refractivity contribution in [3.63, 3.8) is 0 Å². The van der Waals surface area contributed by atoms with Gasteiger partial charge in [-0.05, 0) is 37.6 Å². The second kappa shape index (κ2) is 11.7. The quantitative estimate of drug-likeness (QED) is 0.393. The molecule has 3 N–H and O–H groups in total. The Morgan fingerprint density at radius 3 is 2.25 bits per heavy atom. The number of carbonyl (C=O) groups is 3. The third kappa shape index (κ3) is 6.73. The fraction of sp³-hybridized carbons (Fsp3) is 0.333. The van der Waals surface area contributed by atoms with Crippen molar-refractivity contribution in [1.29, 1.82) is 0 Å². The number of nitrogens with zero attached hydrogens (tertiary/aromatic N) is 3. The molecule has 0 aliphatic carbocycles. The van der Waals surface area contributed by atoms with Crippen molar-refractivity contribution in [3.05, 3.63) is 64.6 Å². The maximum absolute atomic E-state index is 14.2. The van der Waals surface area contributed by atoms with E-state index in [4.69, 9.17) is 19.7 Å². The third-order valence-corrected chi connectivity index (χ3v) is 5.72. The van der Waals surface area contributed by atoms with E-state index in [9.17, 15) is 35.9 Å². The average molecular weight is 576 g/mol. The van der Waals surface area contributed by atoms with E-state index in [1.165, 1.54) is 10.5 Å². The van der Waals surface area contributed by atoms with Crippen LogP contribution in [-0.4, -0.2) is 73.9 Å². The van der Waals surface area contributed by atoms with Crippen LogP contribution in [0.1, 0.15) is 27.3 Å². The summed E-state index contributed by atoms with van der Waals surface area (Å²) in [4.78, 5) is 38.2. The van der Waals surface area contributed by atoms with Crippen LogP contribution in [0.2, 0.25) is 0 Å². The lowest BCUT2D eigenvalue weighted by Crippen LogP contribution is -2.42. The number of alkyl halides is 4. The number of carboxylic acids is 1. The van der Waals surface area contributed by atoms with Crippen LogP contribution in [0.4, 0.5) is 31.1 Å². The van der Waals surface area contributed by atoms with Gasteiger partial charge in [0.2, 0.25) is 0 Å². The molecule has 1 saturated heterocycles. The van der Waals surface area contributed by atoms with Gasteiger partial charge in [0.25, 0.3) is 5.91 Å². The standard InChI is InChI=1S/C22H21F3N4O4.C2HF3O2/c1-11-6-18(33-10-13-14(23)4-3-5-15(13)24)20-26-12(2)19(29(20)7-11)21(30)27-17-9-28(22(31)32)8-16(17)25;3-2(4,5)1(6)7/h3-7,16-17H,8-10H2,1-2H3,(H,27,30)(H,31,32);(H,6,7). The van der Waals surface area contributed by atoms with Crippen LogP contribution in [0.15, 0.2) is 30.5 Å². The Labute approximate surface area is 221 Å². The second-order valence-corrected chi connectivity index (χ2v) is 8.70. The molecule has 1 aromatic carbocycles. The third-order valence-electron chi connectivity index (χ3n) is 5.72. The van der Waals surface area contributed by atoms with Gasteiger partial charge in [0.1, 0.15) is 30.1 Å². The van der Waals surface area contributed by atoms with Crippen molar-refractivity contribution in [2.45, 2.75) is 38.8 Å². The highest BCUT2D eigenvalue weighted by Gasteiger charge is 2.38. The van der Waals surface area contributed by atoms with Gasteiger partial charge in [0.15, 0.2) is 11.4 Å². The molecule has 0 radical (unpaired) electrons. The van der Waals surface area contributed by atoms with Crippen molar-refractivity contribution in [2.75, 3.05) is 13.1 Å². The predicted octanol–water partition coefficient (Wildman–Crippen LogP) is 3.87. The molecule has 0 bridgehead atoms. The van der Waals surface area contributed by atoms with Crippen LogP contribution in [0, 0.1) is 25.5 Å². The van der Waals surface area contributed by atoms with Gasteiger partial charge >= 0.3 is 18.2 Å². The van der Waals surface area contributed by atoms with E-state index >= 15 is 0 Å². The highest BCUT2D eigenvalue weighted by atomic mass is 19.4. The van der Waals surface area contributed by atoms with Crippen LogP contribution in [0.25, 0.3) is 5.65 Å². The summed E-state index contributed by atoms with van der Waals surface area (Å²) in [5.74, 6) is -4.66. The highest BCUT2D eigenvalue weighted by molar-refractivity contribution is 5.95. The Hall–Kier alpha value is -4.50. The van der Waals surface area contributed by atoms with Crippen LogP contribution in [0.5, 0.6) is 5.75 Å². The molecule has 1 aliphatic heterocycles. The molecule has 2 atom stereocenters. The molecule has 16 heteroatoms. The lowest BCUT2D eigenvalue weighted by Gasteiger charge is -2.15. The fourth-order valence-electron chi connectivity index (χ4n) is 3.85. The number of likely N-dealkylation sites (tertiary alicyclic amines) is 1. The van der Waals surface area contributed by atoms with E-state index in [-0.39, 0.29) is 42.4 Å². The number of nitrogens with one attached hydrogen (secondary N) is 1. The monoisotopic (exact) mass is 576 g/mol. The number of ether oxygens (including phenoxy) is 1. The molecule has 3 heterocycles. The first-order valence-electron chi connectivity index (χ1n) is 11.4. The number of pyridine rings is 1. The summed E-state index contributed by atoms with van der Waals surface area (Å²) in [6, 6.07) is 4.14. The van der Waals surface area contributed by atoms with E-state index in [1.54, 1.807) is 26.1 Å². The van der Waals surface area contributed by atoms with Gasteiger partial charge < -0.3 is 25.2 Å². The molecule has 2 amide bonds. The van der Waals surface area contributed by atoms with Crippen LogP contribution < -0.4 is 10.1 Å². The number of imidazole rings is 1. The summed E-state index contributed by atoms with van der Waals surface area (Å²) in [6.45, 7) is 2.45. The minimum absolute atomic E-state index is 0.122. The molecule has 1 aliphatic rings. The van der Waals surface area contributed by atoms with Gasteiger partial charge in [0, 0.05) is 12.7 Å². The molecular formula is C24H22F6N4O6. The van der Waals surface area contributed by atoms with Gasteiger partial charge in [0.05, 0.1) is 23.8 Å². The van der Waals surface area contributed by atoms with Gasteiger partial charge in [-0.3, -0.25) is 9.20 Å². The molecular weight excluding hydrogens is 554 g/mol.